The van der Waals surface area contributed by atoms with Crippen LogP contribution in [0.4, 0.5) is 5.69 Å². The van der Waals surface area contributed by atoms with E-state index in [9.17, 15) is 4.79 Å². The fourth-order valence-corrected chi connectivity index (χ4v) is 3.62. The van der Waals surface area contributed by atoms with E-state index < -0.39 is 0 Å². The molecule has 1 aromatic heterocycles. The molecule has 162 valence electrons. The molecule has 0 unspecified atom stereocenters. The van der Waals surface area contributed by atoms with Crippen LogP contribution in [0.2, 0.25) is 0 Å². The molecule has 5 aromatic rings. The Labute approximate surface area is 199 Å². The Bertz CT molecular complexity index is 1300. The largest absolute Gasteiger partial charge is 2.00 e. The third kappa shape index (κ3) is 5.11. The van der Waals surface area contributed by atoms with Crippen molar-refractivity contribution >= 4 is 16.7 Å². The molecule has 0 amide bonds. The van der Waals surface area contributed by atoms with E-state index in [2.05, 4.69) is 53.4 Å². The molecule has 0 N–H and O–H groups in total. The first kappa shape index (κ1) is 23.3. The first-order valence-electron chi connectivity index (χ1n) is 10.3. The predicted molar refractivity (Wildman–Crippen MR) is 130 cm³/mol. The van der Waals surface area contributed by atoms with Crippen molar-refractivity contribution in [3.63, 3.8) is 0 Å². The topological polar surface area (TPSA) is 33.5 Å². The number of rotatable bonds is 3. The fraction of sp³-hybridized carbons (Fsp3) is 0.107. The fourth-order valence-electron chi connectivity index (χ4n) is 3.62. The first-order valence-corrected chi connectivity index (χ1v) is 10.3. The van der Waals surface area contributed by atoms with Gasteiger partial charge in [-0.25, -0.2) is 16.9 Å². The Morgan fingerprint density at radius 2 is 1.56 bits per heavy atom. The molecule has 4 aromatic carbocycles. The number of fused-ring (bicyclic) bond motifs is 1. The van der Waals surface area contributed by atoms with Crippen molar-refractivity contribution in [3.05, 3.63) is 113 Å². The van der Waals surface area contributed by atoms with E-state index in [4.69, 9.17) is 4.42 Å². The molecule has 0 spiro atoms. The molecule has 4 heteroatoms. The zero-order valence-electron chi connectivity index (χ0n) is 18.4. The van der Waals surface area contributed by atoms with Crippen molar-refractivity contribution in [2.45, 2.75) is 6.92 Å². The molecule has 0 atom stereocenters. The molecule has 0 saturated carbocycles. The van der Waals surface area contributed by atoms with Gasteiger partial charge in [0, 0.05) is 36.8 Å². The van der Waals surface area contributed by atoms with Crippen molar-refractivity contribution in [3.8, 4) is 22.3 Å². The van der Waals surface area contributed by atoms with Gasteiger partial charge in [0.15, 0.2) is 0 Å². The van der Waals surface area contributed by atoms with Gasteiger partial charge in [-0.2, -0.15) is 42.0 Å². The SMILES string of the molecule is Cc1cc(=O)oc2c(-c3ccc(N(C)C)cc3)cc(-c3ccc[cH-]3)cc12.[Fe+2].c1cc[cH-]c1. The van der Waals surface area contributed by atoms with Crippen LogP contribution in [-0.2, 0) is 17.1 Å². The Morgan fingerprint density at radius 3 is 2.12 bits per heavy atom. The number of anilines is 1. The molecule has 0 aliphatic heterocycles. The van der Waals surface area contributed by atoms with Crippen LogP contribution in [0.15, 0.2) is 106 Å². The van der Waals surface area contributed by atoms with Crippen molar-refractivity contribution in [1.82, 2.24) is 0 Å². The van der Waals surface area contributed by atoms with Crippen LogP contribution < -0.4 is 10.5 Å². The summed E-state index contributed by atoms with van der Waals surface area (Å²) in [5, 5.41) is 0.968. The number of hydrogen-bond donors (Lipinski definition) is 0. The van der Waals surface area contributed by atoms with Crippen LogP contribution in [-0.4, -0.2) is 14.1 Å². The maximum absolute atomic E-state index is 12.0. The Hall–Kier alpha value is -3.33. The second-order valence-corrected chi connectivity index (χ2v) is 7.73. The summed E-state index contributed by atoms with van der Waals surface area (Å²) < 4.78 is 5.61. The van der Waals surface area contributed by atoms with Crippen molar-refractivity contribution in [2.24, 2.45) is 0 Å². The van der Waals surface area contributed by atoms with Gasteiger partial charge in [0.2, 0.25) is 0 Å². The van der Waals surface area contributed by atoms with Gasteiger partial charge in [0.1, 0.15) is 5.58 Å². The van der Waals surface area contributed by atoms with Crippen LogP contribution in [0.25, 0.3) is 33.2 Å². The molecule has 0 bridgehead atoms. The standard InChI is InChI=1S/C23H20NO2.C5H5.Fe/c1-15-12-22(25)26-23-20(15)13-18(16-6-4-5-7-16)14-21(23)17-8-10-19(11-9-17)24(2)3;1-2-4-5-3-1;/h4-14H,1-3H3;1-5H;/q2*-1;+2. The van der Waals surface area contributed by atoms with Gasteiger partial charge in [-0.1, -0.05) is 29.8 Å². The number of nitrogens with zero attached hydrogens (tertiary/aromatic N) is 1. The quantitative estimate of drug-likeness (QED) is 0.171. The summed E-state index contributed by atoms with van der Waals surface area (Å²) in [6.07, 6.45) is 0. The Kier molecular flexibility index (Phi) is 7.53. The van der Waals surface area contributed by atoms with Gasteiger partial charge in [0.05, 0.1) is 0 Å². The van der Waals surface area contributed by atoms with Crippen LogP contribution >= 0.6 is 0 Å². The second-order valence-electron chi connectivity index (χ2n) is 7.73. The number of hydrogen-bond acceptors (Lipinski definition) is 3. The second kappa shape index (κ2) is 10.3. The van der Waals surface area contributed by atoms with E-state index in [1.165, 1.54) is 0 Å². The van der Waals surface area contributed by atoms with E-state index in [0.29, 0.717) is 5.58 Å². The molecule has 5 rings (SSSR count). The maximum atomic E-state index is 12.0. The van der Waals surface area contributed by atoms with Crippen molar-refractivity contribution in [2.75, 3.05) is 19.0 Å². The van der Waals surface area contributed by atoms with Crippen LogP contribution in [0.3, 0.4) is 0 Å². The molecular formula is C28H25FeNO2. The average molecular weight is 463 g/mol. The zero-order valence-corrected chi connectivity index (χ0v) is 19.5. The van der Waals surface area contributed by atoms with E-state index >= 15 is 0 Å². The molecule has 32 heavy (non-hydrogen) atoms. The third-order valence-corrected chi connectivity index (χ3v) is 5.30. The maximum Gasteiger partial charge on any atom is 2.00 e. The van der Waals surface area contributed by atoms with E-state index in [-0.39, 0.29) is 22.7 Å². The molecular weight excluding hydrogens is 438 g/mol. The van der Waals surface area contributed by atoms with E-state index in [0.717, 1.165) is 38.9 Å². The summed E-state index contributed by atoms with van der Waals surface area (Å²) in [5.74, 6) is 0. The minimum Gasteiger partial charge on any atom is -0.422 e. The van der Waals surface area contributed by atoms with Crippen LogP contribution in [0, 0.1) is 6.92 Å². The normalized spacial score (nSPS) is 10.2. The zero-order chi connectivity index (χ0) is 21.8. The van der Waals surface area contributed by atoms with Gasteiger partial charge in [-0.05, 0) is 30.2 Å². The van der Waals surface area contributed by atoms with Crippen molar-refractivity contribution in [1.29, 1.82) is 0 Å². The molecule has 0 saturated heterocycles. The molecule has 0 fully saturated rings. The molecule has 0 aliphatic carbocycles. The molecule has 3 nitrogen and oxygen atoms in total. The smallest absolute Gasteiger partial charge is 0.422 e. The minimum atomic E-state index is -0.317. The molecule has 0 aliphatic rings. The number of benzene rings is 2. The van der Waals surface area contributed by atoms with Gasteiger partial charge in [-0.3, -0.25) is 0 Å². The van der Waals surface area contributed by atoms with Gasteiger partial charge in [0.25, 0.3) is 0 Å². The first-order chi connectivity index (χ1) is 15.0. The van der Waals surface area contributed by atoms with Crippen LogP contribution in [0.1, 0.15) is 5.56 Å². The van der Waals surface area contributed by atoms with E-state index in [1.807, 2.05) is 63.5 Å². The predicted octanol–water partition coefficient (Wildman–Crippen LogP) is 6.62. The van der Waals surface area contributed by atoms with Gasteiger partial charge < -0.3 is 9.32 Å². The van der Waals surface area contributed by atoms with Gasteiger partial charge >= 0.3 is 22.7 Å². The minimum absolute atomic E-state index is 0. The molecule has 0 radical (unpaired) electrons. The monoisotopic (exact) mass is 463 g/mol. The molecule has 1 heterocycles. The van der Waals surface area contributed by atoms with Crippen LogP contribution in [0.5, 0.6) is 0 Å². The van der Waals surface area contributed by atoms with Crippen molar-refractivity contribution < 1.29 is 21.5 Å². The summed E-state index contributed by atoms with van der Waals surface area (Å²) in [6, 6.07) is 32.3. The Balaban J connectivity index is 0.000000427. The van der Waals surface area contributed by atoms with E-state index in [1.54, 1.807) is 6.07 Å². The summed E-state index contributed by atoms with van der Waals surface area (Å²) >= 11 is 0. The number of aryl methyl sites for hydroxylation is 1. The van der Waals surface area contributed by atoms with Gasteiger partial charge in [-0.15, -0.1) is 6.07 Å². The Morgan fingerprint density at radius 1 is 0.844 bits per heavy atom. The summed E-state index contributed by atoms with van der Waals surface area (Å²) in [7, 11) is 4.03. The summed E-state index contributed by atoms with van der Waals surface area (Å²) in [5.41, 5.74) is 6.62. The summed E-state index contributed by atoms with van der Waals surface area (Å²) in [6.45, 7) is 1.95. The summed E-state index contributed by atoms with van der Waals surface area (Å²) in [4.78, 5) is 14.0. The average Bonchev–Trinajstić information content (AvgIpc) is 3.50. The third-order valence-electron chi connectivity index (χ3n) is 5.30.